The Kier molecular flexibility index (Phi) is 8.32. The molecule has 0 amide bonds. The summed E-state index contributed by atoms with van der Waals surface area (Å²) >= 11 is 0. The van der Waals surface area contributed by atoms with Crippen LogP contribution in [0.2, 0.25) is 0 Å². The SMILES string of the molecule is Cl.Cl.c1ccc(CNCc2ccccn2)nc1. The molecule has 0 fully saturated rings. The third-order valence-corrected chi connectivity index (χ3v) is 2.06. The van der Waals surface area contributed by atoms with Crippen molar-refractivity contribution in [2.24, 2.45) is 0 Å². The van der Waals surface area contributed by atoms with Crippen molar-refractivity contribution < 1.29 is 0 Å². The third-order valence-electron chi connectivity index (χ3n) is 2.06. The molecule has 0 spiro atoms. The van der Waals surface area contributed by atoms with E-state index in [4.69, 9.17) is 0 Å². The summed E-state index contributed by atoms with van der Waals surface area (Å²) in [7, 11) is 0. The highest BCUT2D eigenvalue weighted by Crippen LogP contribution is 1.95. The van der Waals surface area contributed by atoms with Gasteiger partial charge in [0.25, 0.3) is 0 Å². The average molecular weight is 272 g/mol. The maximum absolute atomic E-state index is 4.23. The van der Waals surface area contributed by atoms with Gasteiger partial charge in [0.05, 0.1) is 11.4 Å². The number of rotatable bonds is 4. The molecule has 0 aliphatic heterocycles. The topological polar surface area (TPSA) is 37.8 Å². The quantitative estimate of drug-likeness (QED) is 0.929. The van der Waals surface area contributed by atoms with Crippen molar-refractivity contribution in [1.82, 2.24) is 15.3 Å². The fourth-order valence-electron chi connectivity index (χ4n) is 1.32. The highest BCUT2D eigenvalue weighted by molar-refractivity contribution is 5.85. The highest BCUT2D eigenvalue weighted by atomic mass is 35.5. The van der Waals surface area contributed by atoms with E-state index in [0.717, 1.165) is 24.5 Å². The summed E-state index contributed by atoms with van der Waals surface area (Å²) in [4.78, 5) is 8.45. The Morgan fingerprint density at radius 3 is 1.59 bits per heavy atom. The minimum absolute atomic E-state index is 0. The van der Waals surface area contributed by atoms with E-state index >= 15 is 0 Å². The number of pyridine rings is 2. The minimum Gasteiger partial charge on any atom is -0.306 e. The summed E-state index contributed by atoms with van der Waals surface area (Å²) < 4.78 is 0. The summed E-state index contributed by atoms with van der Waals surface area (Å²) in [5, 5.41) is 3.29. The lowest BCUT2D eigenvalue weighted by Gasteiger charge is -2.03. The number of aromatic nitrogens is 2. The van der Waals surface area contributed by atoms with E-state index in [1.807, 2.05) is 36.4 Å². The standard InChI is InChI=1S/C12H13N3.2ClH/c1-3-7-14-11(5-1)9-13-10-12-6-2-4-8-15-12;;/h1-8,13H,9-10H2;2*1H. The molecule has 2 aromatic heterocycles. The van der Waals surface area contributed by atoms with Gasteiger partial charge in [-0.1, -0.05) is 12.1 Å². The summed E-state index contributed by atoms with van der Waals surface area (Å²) in [6.45, 7) is 1.55. The van der Waals surface area contributed by atoms with Gasteiger partial charge >= 0.3 is 0 Å². The van der Waals surface area contributed by atoms with Crippen molar-refractivity contribution in [3.63, 3.8) is 0 Å². The second-order valence-electron chi connectivity index (χ2n) is 3.25. The molecule has 92 valence electrons. The lowest BCUT2D eigenvalue weighted by Crippen LogP contribution is -2.14. The van der Waals surface area contributed by atoms with E-state index in [2.05, 4.69) is 15.3 Å². The van der Waals surface area contributed by atoms with Gasteiger partial charge in [0.15, 0.2) is 0 Å². The molecular formula is C12H15Cl2N3. The molecule has 0 aromatic carbocycles. The van der Waals surface area contributed by atoms with E-state index in [1.54, 1.807) is 12.4 Å². The van der Waals surface area contributed by atoms with E-state index in [1.165, 1.54) is 0 Å². The first-order valence-electron chi connectivity index (χ1n) is 4.96. The van der Waals surface area contributed by atoms with Gasteiger partial charge in [0, 0.05) is 25.5 Å². The van der Waals surface area contributed by atoms with Crippen LogP contribution in [0.4, 0.5) is 0 Å². The number of halogens is 2. The van der Waals surface area contributed by atoms with Gasteiger partial charge in [0.1, 0.15) is 0 Å². The largest absolute Gasteiger partial charge is 0.306 e. The predicted octanol–water partition coefficient (Wildman–Crippen LogP) is 2.61. The maximum atomic E-state index is 4.23. The molecule has 2 heterocycles. The van der Waals surface area contributed by atoms with Crippen LogP contribution in [0.25, 0.3) is 0 Å². The average Bonchev–Trinajstić information content (AvgIpc) is 2.32. The third kappa shape index (κ3) is 5.63. The van der Waals surface area contributed by atoms with Gasteiger partial charge < -0.3 is 5.32 Å². The molecule has 0 atom stereocenters. The molecule has 1 N–H and O–H groups in total. The lowest BCUT2D eigenvalue weighted by atomic mass is 10.3. The van der Waals surface area contributed by atoms with Gasteiger partial charge in [-0.15, -0.1) is 24.8 Å². The molecule has 0 bridgehead atoms. The number of nitrogens with one attached hydrogen (secondary N) is 1. The van der Waals surface area contributed by atoms with Crippen LogP contribution in [0.3, 0.4) is 0 Å². The minimum atomic E-state index is 0. The Bertz CT molecular complexity index is 356. The second kappa shape index (κ2) is 8.93. The Morgan fingerprint density at radius 1 is 0.765 bits per heavy atom. The molecule has 0 saturated carbocycles. The van der Waals surface area contributed by atoms with Crippen LogP contribution in [-0.2, 0) is 13.1 Å². The van der Waals surface area contributed by atoms with Crippen molar-refractivity contribution in [3.8, 4) is 0 Å². The van der Waals surface area contributed by atoms with E-state index in [9.17, 15) is 0 Å². The molecule has 0 aliphatic carbocycles. The second-order valence-corrected chi connectivity index (χ2v) is 3.25. The van der Waals surface area contributed by atoms with Crippen LogP contribution in [0, 0.1) is 0 Å². The maximum Gasteiger partial charge on any atom is 0.0541 e. The Morgan fingerprint density at radius 2 is 1.24 bits per heavy atom. The Labute approximate surface area is 114 Å². The van der Waals surface area contributed by atoms with Gasteiger partial charge in [-0.2, -0.15) is 0 Å². The summed E-state index contributed by atoms with van der Waals surface area (Å²) in [6.07, 6.45) is 3.61. The zero-order valence-electron chi connectivity index (χ0n) is 9.24. The molecule has 3 nitrogen and oxygen atoms in total. The van der Waals surface area contributed by atoms with Gasteiger partial charge in [-0.25, -0.2) is 0 Å². The highest BCUT2D eigenvalue weighted by Gasteiger charge is 1.94. The summed E-state index contributed by atoms with van der Waals surface area (Å²) in [5.74, 6) is 0. The van der Waals surface area contributed by atoms with Crippen molar-refractivity contribution in [2.75, 3.05) is 0 Å². The molecule has 2 aromatic rings. The predicted molar refractivity (Wildman–Crippen MR) is 73.5 cm³/mol. The lowest BCUT2D eigenvalue weighted by molar-refractivity contribution is 0.667. The normalized spacial score (nSPS) is 8.94. The molecule has 0 unspecified atom stereocenters. The zero-order valence-corrected chi connectivity index (χ0v) is 10.9. The first-order valence-corrected chi connectivity index (χ1v) is 4.96. The fraction of sp³-hybridized carbons (Fsp3) is 0.167. The van der Waals surface area contributed by atoms with E-state index < -0.39 is 0 Å². The van der Waals surface area contributed by atoms with Crippen LogP contribution < -0.4 is 5.32 Å². The molecular weight excluding hydrogens is 257 g/mol. The molecule has 0 radical (unpaired) electrons. The van der Waals surface area contributed by atoms with Crippen LogP contribution in [0.1, 0.15) is 11.4 Å². The smallest absolute Gasteiger partial charge is 0.0541 e. The Balaban J connectivity index is 0.00000128. The fourth-order valence-corrected chi connectivity index (χ4v) is 1.32. The summed E-state index contributed by atoms with van der Waals surface area (Å²) in [5.41, 5.74) is 2.10. The number of hydrogen-bond donors (Lipinski definition) is 1. The zero-order chi connectivity index (χ0) is 10.3. The van der Waals surface area contributed by atoms with Crippen molar-refractivity contribution in [1.29, 1.82) is 0 Å². The Hall–Kier alpha value is -1.16. The molecule has 0 saturated heterocycles. The molecule has 5 heteroatoms. The van der Waals surface area contributed by atoms with E-state index in [0.29, 0.717) is 0 Å². The van der Waals surface area contributed by atoms with E-state index in [-0.39, 0.29) is 24.8 Å². The first kappa shape index (κ1) is 15.8. The number of hydrogen-bond acceptors (Lipinski definition) is 3. The van der Waals surface area contributed by atoms with Crippen molar-refractivity contribution >= 4 is 24.8 Å². The van der Waals surface area contributed by atoms with Crippen molar-refractivity contribution in [2.45, 2.75) is 13.1 Å². The van der Waals surface area contributed by atoms with Gasteiger partial charge in [0.2, 0.25) is 0 Å². The molecule has 0 aliphatic rings. The van der Waals surface area contributed by atoms with Crippen molar-refractivity contribution in [3.05, 3.63) is 60.2 Å². The molecule has 17 heavy (non-hydrogen) atoms. The summed E-state index contributed by atoms with van der Waals surface area (Å²) in [6, 6.07) is 11.8. The monoisotopic (exact) mass is 271 g/mol. The van der Waals surface area contributed by atoms with Gasteiger partial charge in [-0.3, -0.25) is 9.97 Å². The van der Waals surface area contributed by atoms with Crippen LogP contribution in [-0.4, -0.2) is 9.97 Å². The molecule has 2 rings (SSSR count). The van der Waals surface area contributed by atoms with Crippen LogP contribution in [0.15, 0.2) is 48.8 Å². The van der Waals surface area contributed by atoms with Gasteiger partial charge in [-0.05, 0) is 24.3 Å². The van der Waals surface area contributed by atoms with Crippen LogP contribution >= 0.6 is 24.8 Å². The first-order chi connectivity index (χ1) is 7.45. The number of nitrogens with zero attached hydrogens (tertiary/aromatic N) is 2. The van der Waals surface area contributed by atoms with Crippen LogP contribution in [0.5, 0.6) is 0 Å².